The standard InChI is InChI=1S/C33H37N5O6/c1-24-21-27(44-35-24)23-30(39)36-12-2-3-13-38(33(40)28-9-5-10-29-31(28)43-20-19-42-29)14-6-18-41-26-8-4-7-25(22-26)32-34-11-15-37(32)17-16-36/h4-5,7-11,15,21-22H,2-3,6,12-14,16-20,23H2,1H3. The summed E-state index contributed by atoms with van der Waals surface area (Å²) < 4.78 is 25.1. The second-order valence-corrected chi connectivity index (χ2v) is 11.0. The number of amides is 2. The second-order valence-electron chi connectivity index (χ2n) is 11.0. The quantitative estimate of drug-likeness (QED) is 0.341. The summed E-state index contributed by atoms with van der Waals surface area (Å²) in [5.74, 6) is 3.05. The van der Waals surface area contributed by atoms with Crippen LogP contribution in [0.2, 0.25) is 0 Å². The average molecular weight is 600 g/mol. The first kappa shape index (κ1) is 29.3. The molecule has 0 fully saturated rings. The van der Waals surface area contributed by atoms with Gasteiger partial charge in [0, 0.05) is 56.7 Å². The van der Waals surface area contributed by atoms with E-state index < -0.39 is 0 Å². The molecule has 11 nitrogen and oxygen atoms in total. The number of fused-ring (bicyclic) bond motifs is 5. The molecule has 0 N–H and O–H groups in total. The third-order valence-corrected chi connectivity index (χ3v) is 7.80. The summed E-state index contributed by atoms with van der Waals surface area (Å²) in [5, 5.41) is 3.93. The van der Waals surface area contributed by atoms with Gasteiger partial charge in [-0.25, -0.2) is 4.98 Å². The molecule has 11 heteroatoms. The van der Waals surface area contributed by atoms with Gasteiger partial charge in [0.15, 0.2) is 11.5 Å². The van der Waals surface area contributed by atoms with Crippen LogP contribution in [0.3, 0.4) is 0 Å². The fourth-order valence-electron chi connectivity index (χ4n) is 5.60. The van der Waals surface area contributed by atoms with Crippen molar-refractivity contribution in [3.63, 3.8) is 0 Å². The molecule has 4 heterocycles. The van der Waals surface area contributed by atoms with Crippen LogP contribution in [0.5, 0.6) is 17.2 Å². The topological polar surface area (TPSA) is 112 Å². The van der Waals surface area contributed by atoms with Gasteiger partial charge in [-0.3, -0.25) is 9.59 Å². The van der Waals surface area contributed by atoms with Gasteiger partial charge in [-0.05, 0) is 50.5 Å². The molecule has 0 unspecified atom stereocenters. The molecule has 4 aromatic rings. The summed E-state index contributed by atoms with van der Waals surface area (Å²) in [7, 11) is 0. The zero-order chi connectivity index (χ0) is 30.3. The zero-order valence-corrected chi connectivity index (χ0v) is 24.9. The Morgan fingerprint density at radius 3 is 2.52 bits per heavy atom. The molecule has 0 saturated heterocycles. The van der Waals surface area contributed by atoms with Crippen molar-refractivity contribution in [1.29, 1.82) is 0 Å². The summed E-state index contributed by atoms with van der Waals surface area (Å²) in [6.07, 6.45) is 5.95. The Hall–Kier alpha value is -4.80. The summed E-state index contributed by atoms with van der Waals surface area (Å²) in [6, 6.07) is 15.1. The van der Waals surface area contributed by atoms with Crippen LogP contribution in [0, 0.1) is 6.92 Å². The number of hydrogen-bond acceptors (Lipinski definition) is 8. The predicted molar refractivity (Wildman–Crippen MR) is 162 cm³/mol. The molecule has 0 radical (unpaired) electrons. The van der Waals surface area contributed by atoms with Crippen LogP contribution in [0.25, 0.3) is 11.4 Å². The van der Waals surface area contributed by atoms with E-state index in [9.17, 15) is 9.59 Å². The van der Waals surface area contributed by atoms with E-state index in [2.05, 4.69) is 14.7 Å². The van der Waals surface area contributed by atoms with Gasteiger partial charge >= 0.3 is 0 Å². The van der Waals surface area contributed by atoms with E-state index in [1.165, 1.54) is 0 Å². The van der Waals surface area contributed by atoms with Crippen molar-refractivity contribution in [2.45, 2.75) is 39.2 Å². The van der Waals surface area contributed by atoms with Gasteiger partial charge in [-0.2, -0.15) is 0 Å². The summed E-state index contributed by atoms with van der Waals surface area (Å²) in [5.41, 5.74) is 2.17. The van der Waals surface area contributed by atoms with Crippen molar-refractivity contribution in [2.75, 3.05) is 46.0 Å². The minimum absolute atomic E-state index is 0.0304. The molecule has 0 spiro atoms. The SMILES string of the molecule is Cc1cc(CC(=O)N2CCCCN(C(=O)c3cccc4c3OCCO4)CCCOc3cccc(c3)-c3nccn3CC2)on1. The van der Waals surface area contributed by atoms with Gasteiger partial charge in [0.25, 0.3) is 5.91 Å². The van der Waals surface area contributed by atoms with Crippen molar-refractivity contribution < 1.29 is 28.3 Å². The van der Waals surface area contributed by atoms with Crippen molar-refractivity contribution >= 4 is 11.8 Å². The first-order valence-corrected chi connectivity index (χ1v) is 15.2. The number of hydrogen-bond donors (Lipinski definition) is 0. The molecule has 0 aliphatic carbocycles. The number of aryl methyl sites for hydroxylation is 1. The average Bonchev–Trinajstić information content (AvgIpc) is 3.69. The van der Waals surface area contributed by atoms with E-state index in [1.807, 2.05) is 59.3 Å². The summed E-state index contributed by atoms with van der Waals surface area (Å²) >= 11 is 0. The maximum atomic E-state index is 13.8. The number of aromatic nitrogens is 3. The van der Waals surface area contributed by atoms with E-state index in [-0.39, 0.29) is 18.2 Å². The van der Waals surface area contributed by atoms with Gasteiger partial charge in [0.2, 0.25) is 5.91 Å². The van der Waals surface area contributed by atoms with E-state index in [4.69, 9.17) is 18.7 Å². The molecular weight excluding hydrogens is 562 g/mol. The second kappa shape index (κ2) is 13.7. The lowest BCUT2D eigenvalue weighted by atomic mass is 10.1. The van der Waals surface area contributed by atoms with Gasteiger partial charge in [0.05, 0.1) is 24.3 Å². The molecule has 2 aliphatic heterocycles. The Balaban J connectivity index is 1.23. The van der Waals surface area contributed by atoms with Crippen molar-refractivity contribution in [2.24, 2.45) is 0 Å². The molecule has 2 aromatic carbocycles. The maximum absolute atomic E-state index is 13.8. The Bertz CT molecular complexity index is 1600. The van der Waals surface area contributed by atoms with Crippen molar-refractivity contribution in [1.82, 2.24) is 24.5 Å². The Morgan fingerprint density at radius 1 is 0.841 bits per heavy atom. The van der Waals surface area contributed by atoms with Crippen LogP contribution in [0.1, 0.15) is 41.1 Å². The first-order chi connectivity index (χ1) is 21.5. The smallest absolute Gasteiger partial charge is 0.257 e. The molecule has 6 rings (SSSR count). The van der Waals surface area contributed by atoms with Gasteiger partial charge in [0.1, 0.15) is 30.5 Å². The highest BCUT2D eigenvalue weighted by Gasteiger charge is 2.25. The lowest BCUT2D eigenvalue weighted by molar-refractivity contribution is -0.131. The maximum Gasteiger partial charge on any atom is 0.257 e. The Labute approximate surface area is 256 Å². The summed E-state index contributed by atoms with van der Waals surface area (Å²) in [4.78, 5) is 35.6. The fourth-order valence-corrected chi connectivity index (χ4v) is 5.60. The van der Waals surface area contributed by atoms with E-state index in [1.54, 1.807) is 18.3 Å². The largest absolute Gasteiger partial charge is 0.494 e. The predicted octanol–water partition coefficient (Wildman–Crippen LogP) is 4.39. The van der Waals surface area contributed by atoms with Crippen LogP contribution < -0.4 is 14.2 Å². The molecule has 2 amide bonds. The van der Waals surface area contributed by atoms with Crippen LogP contribution in [-0.4, -0.2) is 82.3 Å². The molecule has 44 heavy (non-hydrogen) atoms. The molecule has 2 bridgehead atoms. The van der Waals surface area contributed by atoms with Crippen molar-refractivity contribution in [3.8, 4) is 28.6 Å². The number of carbonyl (C=O) groups is 2. The number of para-hydroxylation sites is 1. The number of ether oxygens (including phenoxy) is 3. The van der Waals surface area contributed by atoms with Crippen LogP contribution >= 0.6 is 0 Å². The van der Waals surface area contributed by atoms with Gasteiger partial charge in [-0.15, -0.1) is 0 Å². The fraction of sp³-hybridized carbons (Fsp3) is 0.394. The van der Waals surface area contributed by atoms with Crippen LogP contribution in [0.15, 0.2) is 65.4 Å². The third-order valence-electron chi connectivity index (χ3n) is 7.80. The monoisotopic (exact) mass is 599 g/mol. The van der Waals surface area contributed by atoms with E-state index in [0.717, 1.165) is 35.7 Å². The zero-order valence-electron chi connectivity index (χ0n) is 24.9. The highest BCUT2D eigenvalue weighted by Crippen LogP contribution is 2.34. The molecule has 0 atom stereocenters. The number of imidazole rings is 1. The molecule has 230 valence electrons. The highest BCUT2D eigenvalue weighted by molar-refractivity contribution is 5.98. The highest BCUT2D eigenvalue weighted by atomic mass is 16.6. The lowest BCUT2D eigenvalue weighted by Crippen LogP contribution is -2.37. The normalized spacial score (nSPS) is 16.0. The minimum atomic E-state index is -0.105. The minimum Gasteiger partial charge on any atom is -0.494 e. The number of nitrogens with zero attached hydrogens (tertiary/aromatic N) is 5. The van der Waals surface area contributed by atoms with Crippen LogP contribution in [-0.2, 0) is 17.8 Å². The van der Waals surface area contributed by atoms with Crippen molar-refractivity contribution in [3.05, 3.63) is 77.9 Å². The molecule has 2 aromatic heterocycles. The third kappa shape index (κ3) is 6.88. The van der Waals surface area contributed by atoms with E-state index in [0.29, 0.717) is 81.8 Å². The number of benzene rings is 2. The Kier molecular flexibility index (Phi) is 9.09. The summed E-state index contributed by atoms with van der Waals surface area (Å²) in [6.45, 7) is 5.83. The van der Waals surface area contributed by atoms with Gasteiger partial charge in [-0.1, -0.05) is 23.4 Å². The van der Waals surface area contributed by atoms with E-state index >= 15 is 0 Å². The first-order valence-electron chi connectivity index (χ1n) is 15.2. The number of carbonyl (C=O) groups excluding carboxylic acids is 2. The number of rotatable bonds is 3. The molecular formula is C33H37N5O6. The van der Waals surface area contributed by atoms with Gasteiger partial charge < -0.3 is 33.1 Å². The van der Waals surface area contributed by atoms with Crippen LogP contribution in [0.4, 0.5) is 0 Å². The Morgan fingerprint density at radius 2 is 1.66 bits per heavy atom. The lowest BCUT2D eigenvalue weighted by Gasteiger charge is -2.27. The molecule has 0 saturated carbocycles. The molecule has 2 aliphatic rings.